The van der Waals surface area contributed by atoms with Gasteiger partial charge in [0.2, 0.25) is 0 Å². The lowest BCUT2D eigenvalue weighted by molar-refractivity contribution is 0.260. The molecule has 6 rings (SSSR count). The number of aromatic nitrogens is 5. The highest BCUT2D eigenvalue weighted by Crippen LogP contribution is 2.35. The highest BCUT2D eigenvalue weighted by Gasteiger charge is 2.16. The van der Waals surface area contributed by atoms with Gasteiger partial charge in [-0.1, -0.05) is 12.1 Å². The quantitative estimate of drug-likeness (QED) is 0.289. The number of hydrogen-bond acceptors (Lipinski definition) is 5. The molecule has 37 heavy (non-hydrogen) atoms. The van der Waals surface area contributed by atoms with Crippen LogP contribution >= 0.6 is 0 Å². The van der Waals surface area contributed by atoms with Crippen LogP contribution < -0.4 is 4.74 Å². The SMILES string of the molecule is CN(C)CCOc1cc(F)cc(-c2ccnc3[nH]c(-c4n[nH]c5ccc(-c6ccccn6)cc45)cc23)c1. The number of fused-ring (bicyclic) bond motifs is 2. The van der Waals surface area contributed by atoms with Crippen molar-refractivity contribution in [3.8, 4) is 39.5 Å². The molecule has 4 heterocycles. The standard InChI is InChI=1S/C29H25FN6O/c1-36(2)11-12-37-21-14-19(13-20(30)16-21)22-8-10-32-29-23(22)17-27(33-29)28-24-15-18(6-7-26(24)34-35-28)25-5-3-4-9-31-25/h3-10,13-17H,11-12H2,1-2H3,(H,32,33)(H,34,35). The molecular formula is C29H25FN6O. The zero-order valence-electron chi connectivity index (χ0n) is 20.5. The first-order valence-electron chi connectivity index (χ1n) is 12.0. The minimum absolute atomic E-state index is 0.349. The van der Waals surface area contributed by atoms with E-state index in [9.17, 15) is 4.39 Å². The Balaban J connectivity index is 1.41. The van der Waals surface area contributed by atoms with E-state index < -0.39 is 0 Å². The Bertz CT molecular complexity index is 1710. The van der Waals surface area contributed by atoms with Crippen LogP contribution in [0.2, 0.25) is 0 Å². The lowest BCUT2D eigenvalue weighted by Crippen LogP contribution is -2.19. The van der Waals surface area contributed by atoms with Crippen LogP contribution in [0.5, 0.6) is 5.75 Å². The van der Waals surface area contributed by atoms with Gasteiger partial charge in [-0.05, 0) is 73.8 Å². The fourth-order valence-electron chi connectivity index (χ4n) is 4.47. The van der Waals surface area contributed by atoms with E-state index in [2.05, 4.69) is 31.2 Å². The number of aromatic amines is 2. The van der Waals surface area contributed by atoms with Crippen molar-refractivity contribution in [2.24, 2.45) is 0 Å². The normalized spacial score (nSPS) is 11.6. The Morgan fingerprint density at radius 2 is 1.81 bits per heavy atom. The second kappa shape index (κ2) is 9.48. The van der Waals surface area contributed by atoms with Crippen LogP contribution in [0.15, 0.2) is 79.1 Å². The van der Waals surface area contributed by atoms with Gasteiger partial charge < -0.3 is 14.6 Å². The summed E-state index contributed by atoms with van der Waals surface area (Å²) in [5.41, 5.74) is 6.71. The number of benzene rings is 2. The molecule has 0 fully saturated rings. The molecule has 0 bridgehead atoms. The fourth-order valence-corrected chi connectivity index (χ4v) is 4.47. The van der Waals surface area contributed by atoms with E-state index >= 15 is 0 Å². The van der Waals surface area contributed by atoms with E-state index in [4.69, 9.17) is 4.74 Å². The van der Waals surface area contributed by atoms with Crippen LogP contribution in [0.25, 0.3) is 55.7 Å². The van der Waals surface area contributed by atoms with Crippen LogP contribution in [-0.4, -0.2) is 57.3 Å². The molecule has 0 saturated carbocycles. The van der Waals surface area contributed by atoms with Crippen LogP contribution in [0.4, 0.5) is 4.39 Å². The molecular weight excluding hydrogens is 467 g/mol. The molecule has 2 N–H and O–H groups in total. The average Bonchev–Trinajstić information content (AvgIpc) is 3.52. The number of pyridine rings is 2. The second-order valence-electron chi connectivity index (χ2n) is 9.18. The van der Waals surface area contributed by atoms with E-state index in [0.717, 1.165) is 56.6 Å². The zero-order chi connectivity index (χ0) is 25.4. The van der Waals surface area contributed by atoms with E-state index in [1.807, 2.05) is 67.5 Å². The molecule has 0 unspecified atom stereocenters. The summed E-state index contributed by atoms with van der Waals surface area (Å²) in [5.74, 6) is 0.149. The van der Waals surface area contributed by atoms with Crippen molar-refractivity contribution in [3.63, 3.8) is 0 Å². The topological polar surface area (TPSA) is 82.7 Å². The maximum atomic E-state index is 14.5. The molecule has 0 spiro atoms. The Kier molecular flexibility index (Phi) is 5.86. The Morgan fingerprint density at radius 1 is 0.892 bits per heavy atom. The van der Waals surface area contributed by atoms with Crippen LogP contribution in [-0.2, 0) is 0 Å². The summed E-state index contributed by atoms with van der Waals surface area (Å²) in [6, 6.07) is 20.7. The third-order valence-electron chi connectivity index (χ3n) is 6.30. The number of H-pyrrole nitrogens is 2. The minimum Gasteiger partial charge on any atom is -0.492 e. The fraction of sp³-hybridized carbons (Fsp3) is 0.138. The maximum absolute atomic E-state index is 14.5. The summed E-state index contributed by atoms with van der Waals surface area (Å²) in [4.78, 5) is 14.4. The molecule has 0 aliphatic heterocycles. The van der Waals surface area contributed by atoms with E-state index in [-0.39, 0.29) is 5.82 Å². The summed E-state index contributed by atoms with van der Waals surface area (Å²) >= 11 is 0. The molecule has 0 saturated heterocycles. The van der Waals surface area contributed by atoms with Gasteiger partial charge in [0.25, 0.3) is 0 Å². The van der Waals surface area contributed by atoms with E-state index in [0.29, 0.717) is 18.0 Å². The van der Waals surface area contributed by atoms with Crippen molar-refractivity contribution >= 4 is 21.9 Å². The summed E-state index contributed by atoms with van der Waals surface area (Å²) in [5, 5.41) is 9.55. The number of nitrogens with one attached hydrogen (secondary N) is 2. The average molecular weight is 493 g/mol. The zero-order valence-corrected chi connectivity index (χ0v) is 20.5. The molecule has 0 aliphatic carbocycles. The number of hydrogen-bond donors (Lipinski definition) is 2. The molecule has 6 aromatic rings. The van der Waals surface area contributed by atoms with Gasteiger partial charge in [-0.2, -0.15) is 5.10 Å². The molecule has 0 amide bonds. The highest BCUT2D eigenvalue weighted by atomic mass is 19.1. The minimum atomic E-state index is -0.349. The van der Waals surface area contributed by atoms with Crippen molar-refractivity contribution in [2.75, 3.05) is 27.2 Å². The number of rotatable bonds is 7. The third-order valence-corrected chi connectivity index (χ3v) is 6.30. The molecule has 0 aliphatic rings. The first kappa shape index (κ1) is 22.9. The summed E-state index contributed by atoms with van der Waals surface area (Å²) in [6.45, 7) is 1.22. The lowest BCUT2D eigenvalue weighted by atomic mass is 10.0. The molecule has 0 atom stereocenters. The first-order valence-corrected chi connectivity index (χ1v) is 12.0. The Morgan fingerprint density at radius 3 is 2.65 bits per heavy atom. The van der Waals surface area contributed by atoms with Gasteiger partial charge >= 0.3 is 0 Å². The molecule has 184 valence electrons. The second-order valence-corrected chi connectivity index (χ2v) is 9.18. The van der Waals surface area contributed by atoms with Gasteiger partial charge in [0, 0.05) is 41.3 Å². The maximum Gasteiger partial charge on any atom is 0.138 e. The highest BCUT2D eigenvalue weighted by molar-refractivity contribution is 6.00. The van der Waals surface area contributed by atoms with Crippen molar-refractivity contribution in [3.05, 3.63) is 84.9 Å². The number of ether oxygens (including phenoxy) is 1. The third kappa shape index (κ3) is 4.54. The predicted octanol–water partition coefficient (Wildman–Crippen LogP) is 5.91. The Hall–Kier alpha value is -4.56. The van der Waals surface area contributed by atoms with Crippen LogP contribution in [0.3, 0.4) is 0 Å². The summed E-state index contributed by atoms with van der Waals surface area (Å²) < 4.78 is 20.4. The number of halogens is 1. The van der Waals surface area contributed by atoms with E-state index in [1.165, 1.54) is 12.1 Å². The first-order chi connectivity index (χ1) is 18.0. The molecule has 0 radical (unpaired) electrons. The van der Waals surface area contributed by atoms with Gasteiger partial charge in [-0.15, -0.1) is 0 Å². The molecule has 8 heteroatoms. The van der Waals surface area contributed by atoms with Crippen LogP contribution in [0.1, 0.15) is 0 Å². The predicted molar refractivity (Wildman–Crippen MR) is 144 cm³/mol. The van der Waals surface area contributed by atoms with Crippen LogP contribution in [0, 0.1) is 5.82 Å². The summed E-state index contributed by atoms with van der Waals surface area (Å²) in [6.07, 6.45) is 3.50. The van der Waals surface area contributed by atoms with Crippen molar-refractivity contribution in [1.29, 1.82) is 0 Å². The van der Waals surface area contributed by atoms with Gasteiger partial charge in [-0.25, -0.2) is 9.37 Å². The van der Waals surface area contributed by atoms with Gasteiger partial charge in [0.1, 0.15) is 29.5 Å². The van der Waals surface area contributed by atoms with E-state index in [1.54, 1.807) is 12.4 Å². The number of nitrogens with zero attached hydrogens (tertiary/aromatic N) is 4. The van der Waals surface area contributed by atoms with Gasteiger partial charge in [0.15, 0.2) is 0 Å². The lowest BCUT2D eigenvalue weighted by Gasteiger charge is -2.12. The van der Waals surface area contributed by atoms with Gasteiger partial charge in [-0.3, -0.25) is 10.1 Å². The molecule has 2 aromatic carbocycles. The summed E-state index contributed by atoms with van der Waals surface area (Å²) in [7, 11) is 3.94. The monoisotopic (exact) mass is 492 g/mol. The Labute approximate surface area is 213 Å². The van der Waals surface area contributed by atoms with Crippen molar-refractivity contribution in [1.82, 2.24) is 30.0 Å². The van der Waals surface area contributed by atoms with Crippen molar-refractivity contribution in [2.45, 2.75) is 0 Å². The van der Waals surface area contributed by atoms with Crippen molar-refractivity contribution < 1.29 is 9.13 Å². The largest absolute Gasteiger partial charge is 0.492 e. The van der Waals surface area contributed by atoms with Gasteiger partial charge in [0.05, 0.1) is 16.9 Å². The number of likely N-dealkylation sites (N-methyl/N-ethyl adjacent to an activating group) is 1. The smallest absolute Gasteiger partial charge is 0.138 e. The molecule has 7 nitrogen and oxygen atoms in total. The molecule has 4 aromatic heterocycles.